The quantitative estimate of drug-likeness (QED) is 0.262. The highest BCUT2D eigenvalue weighted by molar-refractivity contribution is 7.87. The molecule has 0 aromatic heterocycles. The minimum absolute atomic E-state index is 0.0558. The molecule has 1 saturated heterocycles. The number of hydrogen-bond acceptors (Lipinski definition) is 6. The number of carbonyl (C=O) groups is 3. The Labute approximate surface area is 219 Å². The molecular formula is C25H16ClF3N2O6S. The predicted octanol–water partition coefficient (Wildman–Crippen LogP) is 5.10. The van der Waals surface area contributed by atoms with Gasteiger partial charge in [-0.3, -0.25) is 14.9 Å². The second kappa shape index (κ2) is 9.95. The van der Waals surface area contributed by atoms with Gasteiger partial charge >= 0.3 is 22.3 Å². The van der Waals surface area contributed by atoms with Gasteiger partial charge in [-0.05, 0) is 61.0 Å². The van der Waals surface area contributed by atoms with Crippen molar-refractivity contribution in [1.29, 1.82) is 0 Å². The summed E-state index contributed by atoms with van der Waals surface area (Å²) in [6, 6.07) is 12.0. The fourth-order valence-electron chi connectivity index (χ4n) is 3.40. The Morgan fingerprint density at radius 3 is 2.18 bits per heavy atom. The van der Waals surface area contributed by atoms with E-state index in [9.17, 15) is 36.0 Å². The van der Waals surface area contributed by atoms with E-state index in [-0.39, 0.29) is 21.2 Å². The summed E-state index contributed by atoms with van der Waals surface area (Å²) in [5.41, 5.74) is -1.20. The van der Waals surface area contributed by atoms with Gasteiger partial charge in [0, 0.05) is 0 Å². The van der Waals surface area contributed by atoms with E-state index < -0.39 is 51.0 Å². The summed E-state index contributed by atoms with van der Waals surface area (Å²) in [4.78, 5) is 38.1. The first-order chi connectivity index (χ1) is 17.8. The highest BCUT2D eigenvalue weighted by atomic mass is 35.5. The molecule has 0 aliphatic carbocycles. The molecule has 13 heteroatoms. The molecule has 3 aromatic carbocycles. The van der Waals surface area contributed by atoms with Crippen LogP contribution in [-0.4, -0.2) is 26.3 Å². The Balaban J connectivity index is 1.61. The standard InChI is InChI=1S/C25H16ClF3N2O6S/c1-14-2-9-18(10-3-14)38(35,36)37-17-7-4-15(5-8-17)12-19-22(32)30-24(34)31(23(19)33)21-13-16(25(27,28)29)6-11-20(21)26/h2-13H,1H3,(H,30,32,34)/b19-12-. The van der Waals surface area contributed by atoms with E-state index in [0.29, 0.717) is 17.0 Å². The lowest BCUT2D eigenvalue weighted by molar-refractivity contribution is -0.137. The van der Waals surface area contributed by atoms with Crippen LogP contribution in [0.2, 0.25) is 5.02 Å². The summed E-state index contributed by atoms with van der Waals surface area (Å²) in [6.07, 6.45) is -3.70. The number of urea groups is 1. The highest BCUT2D eigenvalue weighted by Gasteiger charge is 2.39. The molecule has 0 spiro atoms. The summed E-state index contributed by atoms with van der Waals surface area (Å²) in [7, 11) is -4.12. The van der Waals surface area contributed by atoms with Crippen molar-refractivity contribution in [1.82, 2.24) is 5.32 Å². The third kappa shape index (κ3) is 5.55. The van der Waals surface area contributed by atoms with Crippen molar-refractivity contribution in [2.45, 2.75) is 18.0 Å². The molecule has 0 atom stereocenters. The van der Waals surface area contributed by atoms with E-state index in [1.165, 1.54) is 36.4 Å². The van der Waals surface area contributed by atoms with Crippen molar-refractivity contribution >= 4 is 51.3 Å². The van der Waals surface area contributed by atoms with Gasteiger partial charge in [0.2, 0.25) is 0 Å². The van der Waals surface area contributed by atoms with Crippen LogP contribution in [-0.2, 0) is 25.9 Å². The molecule has 1 aliphatic heterocycles. The van der Waals surface area contributed by atoms with Crippen molar-refractivity contribution in [3.05, 3.63) is 94.0 Å². The number of nitrogens with one attached hydrogen (secondary N) is 1. The van der Waals surface area contributed by atoms with Crippen LogP contribution in [0.5, 0.6) is 5.75 Å². The lowest BCUT2D eigenvalue weighted by atomic mass is 10.1. The average molecular weight is 565 g/mol. The van der Waals surface area contributed by atoms with Gasteiger partial charge in [-0.1, -0.05) is 41.4 Å². The van der Waals surface area contributed by atoms with Gasteiger partial charge in [-0.15, -0.1) is 0 Å². The van der Waals surface area contributed by atoms with Gasteiger partial charge in [0.1, 0.15) is 16.2 Å². The van der Waals surface area contributed by atoms with E-state index in [1.54, 1.807) is 19.1 Å². The fraction of sp³-hybridized carbons (Fsp3) is 0.0800. The Bertz CT molecular complexity index is 1580. The lowest BCUT2D eigenvalue weighted by Gasteiger charge is -2.27. The molecule has 4 amide bonds. The summed E-state index contributed by atoms with van der Waals surface area (Å²) in [5, 5.41) is 1.57. The Hall–Kier alpha value is -4.16. The predicted molar refractivity (Wildman–Crippen MR) is 131 cm³/mol. The van der Waals surface area contributed by atoms with E-state index in [1.807, 2.05) is 5.32 Å². The zero-order valence-corrected chi connectivity index (χ0v) is 20.8. The third-order valence-electron chi connectivity index (χ3n) is 5.32. The fourth-order valence-corrected chi connectivity index (χ4v) is 4.53. The zero-order valence-electron chi connectivity index (χ0n) is 19.2. The molecule has 0 bridgehead atoms. The van der Waals surface area contributed by atoms with Crippen LogP contribution in [0.3, 0.4) is 0 Å². The van der Waals surface area contributed by atoms with E-state index >= 15 is 0 Å². The number of hydrogen-bond donors (Lipinski definition) is 1. The summed E-state index contributed by atoms with van der Waals surface area (Å²) < 4.78 is 69.6. The lowest BCUT2D eigenvalue weighted by Crippen LogP contribution is -2.54. The molecule has 0 unspecified atom stereocenters. The summed E-state index contributed by atoms with van der Waals surface area (Å²) >= 11 is 5.97. The molecule has 4 rings (SSSR count). The minimum atomic E-state index is -4.78. The molecule has 0 saturated carbocycles. The van der Waals surface area contributed by atoms with Crippen molar-refractivity contribution in [2.24, 2.45) is 0 Å². The SMILES string of the molecule is Cc1ccc(S(=O)(=O)Oc2ccc(/C=C3/C(=O)NC(=O)N(c4cc(C(F)(F)F)ccc4Cl)C3=O)cc2)cc1. The Morgan fingerprint density at radius 1 is 0.947 bits per heavy atom. The van der Waals surface area contributed by atoms with Crippen LogP contribution in [0.4, 0.5) is 23.7 Å². The normalized spacial score (nSPS) is 15.6. The number of nitrogens with zero attached hydrogens (tertiary/aromatic N) is 1. The molecular weight excluding hydrogens is 549 g/mol. The number of barbiturate groups is 1. The van der Waals surface area contributed by atoms with Crippen LogP contribution in [0.25, 0.3) is 6.08 Å². The maximum atomic E-state index is 13.2. The topological polar surface area (TPSA) is 110 Å². The van der Waals surface area contributed by atoms with Gasteiger partial charge in [-0.25, -0.2) is 9.69 Å². The van der Waals surface area contributed by atoms with Crippen LogP contribution in [0.1, 0.15) is 16.7 Å². The number of alkyl halides is 3. The zero-order chi connectivity index (χ0) is 27.8. The monoisotopic (exact) mass is 564 g/mol. The van der Waals surface area contributed by atoms with E-state index in [4.69, 9.17) is 15.8 Å². The minimum Gasteiger partial charge on any atom is -0.379 e. The highest BCUT2D eigenvalue weighted by Crippen LogP contribution is 2.36. The average Bonchev–Trinajstić information content (AvgIpc) is 2.83. The number of aryl methyl sites for hydroxylation is 1. The molecule has 38 heavy (non-hydrogen) atoms. The van der Waals surface area contributed by atoms with Crippen LogP contribution >= 0.6 is 11.6 Å². The smallest absolute Gasteiger partial charge is 0.379 e. The maximum absolute atomic E-state index is 13.2. The Morgan fingerprint density at radius 2 is 1.58 bits per heavy atom. The summed E-state index contributed by atoms with van der Waals surface area (Å²) in [6.45, 7) is 1.80. The molecule has 1 N–H and O–H groups in total. The molecule has 3 aromatic rings. The van der Waals surface area contributed by atoms with Crippen LogP contribution in [0.15, 0.2) is 77.2 Å². The summed E-state index contributed by atoms with van der Waals surface area (Å²) in [5.74, 6) is -2.34. The number of imide groups is 2. The third-order valence-corrected chi connectivity index (χ3v) is 6.90. The molecule has 1 aliphatic rings. The number of benzene rings is 3. The van der Waals surface area contributed by atoms with Gasteiger partial charge in [0.05, 0.1) is 16.3 Å². The molecule has 196 valence electrons. The van der Waals surface area contributed by atoms with Gasteiger partial charge in [0.15, 0.2) is 0 Å². The molecule has 1 heterocycles. The van der Waals surface area contributed by atoms with Crippen molar-refractivity contribution in [3.8, 4) is 5.75 Å². The first kappa shape index (κ1) is 26.9. The van der Waals surface area contributed by atoms with Crippen molar-refractivity contribution < 1.29 is 40.2 Å². The number of halogens is 4. The van der Waals surface area contributed by atoms with E-state index in [0.717, 1.165) is 17.7 Å². The van der Waals surface area contributed by atoms with Crippen molar-refractivity contribution in [3.63, 3.8) is 0 Å². The second-order valence-corrected chi connectivity index (χ2v) is 9.99. The Kier molecular flexibility index (Phi) is 7.04. The van der Waals surface area contributed by atoms with Gasteiger partial charge in [-0.2, -0.15) is 21.6 Å². The van der Waals surface area contributed by atoms with Crippen LogP contribution in [0, 0.1) is 6.92 Å². The number of amides is 4. The molecule has 8 nitrogen and oxygen atoms in total. The first-order valence-corrected chi connectivity index (χ1v) is 12.4. The number of rotatable bonds is 5. The molecule has 1 fully saturated rings. The maximum Gasteiger partial charge on any atom is 0.416 e. The number of carbonyl (C=O) groups excluding carboxylic acids is 3. The van der Waals surface area contributed by atoms with E-state index in [2.05, 4.69) is 0 Å². The van der Waals surface area contributed by atoms with Gasteiger partial charge < -0.3 is 4.18 Å². The first-order valence-electron chi connectivity index (χ1n) is 10.7. The largest absolute Gasteiger partial charge is 0.416 e. The van der Waals surface area contributed by atoms with Crippen LogP contribution < -0.4 is 14.4 Å². The number of anilines is 1. The van der Waals surface area contributed by atoms with Gasteiger partial charge in [0.25, 0.3) is 11.8 Å². The second-order valence-electron chi connectivity index (χ2n) is 8.04. The van der Waals surface area contributed by atoms with Crippen molar-refractivity contribution in [2.75, 3.05) is 4.90 Å². The molecule has 0 radical (unpaired) electrons.